The molecule has 0 radical (unpaired) electrons. The highest BCUT2D eigenvalue weighted by molar-refractivity contribution is 6.30. The molecule has 1 aromatic rings. The van der Waals surface area contributed by atoms with Gasteiger partial charge < -0.3 is 10.1 Å². The van der Waals surface area contributed by atoms with Gasteiger partial charge in [-0.2, -0.15) is 0 Å². The van der Waals surface area contributed by atoms with Gasteiger partial charge in [0.1, 0.15) is 0 Å². The van der Waals surface area contributed by atoms with Gasteiger partial charge in [0.2, 0.25) is 0 Å². The molecule has 3 heteroatoms. The highest BCUT2D eigenvalue weighted by Gasteiger charge is 2.01. The number of hydrogen-bond donors (Lipinski definition) is 1. The van der Waals surface area contributed by atoms with Crippen molar-refractivity contribution in [2.45, 2.75) is 52.1 Å². The van der Waals surface area contributed by atoms with E-state index in [1.807, 2.05) is 24.3 Å². The standard InChI is InChI=1S/C16H26ClNO/c1-3-4-5-6-8-14(2)19-12-11-18-16-10-7-9-15(17)13-16/h7,9-10,13-14,18H,3-6,8,11-12H2,1-2H3. The third-order valence-electron chi connectivity index (χ3n) is 3.12. The normalized spacial score (nSPS) is 12.4. The number of ether oxygens (including phenoxy) is 1. The monoisotopic (exact) mass is 283 g/mol. The number of hydrogen-bond acceptors (Lipinski definition) is 2. The molecule has 0 aromatic heterocycles. The second kappa shape index (κ2) is 10.1. The third-order valence-corrected chi connectivity index (χ3v) is 3.36. The second-order valence-corrected chi connectivity index (χ2v) is 5.40. The molecule has 1 aromatic carbocycles. The number of rotatable bonds is 10. The lowest BCUT2D eigenvalue weighted by atomic mass is 10.1. The highest BCUT2D eigenvalue weighted by Crippen LogP contribution is 2.14. The molecule has 0 heterocycles. The van der Waals surface area contributed by atoms with E-state index in [1.54, 1.807) is 0 Å². The summed E-state index contributed by atoms with van der Waals surface area (Å²) in [6.07, 6.45) is 6.75. The first kappa shape index (κ1) is 16.3. The van der Waals surface area contributed by atoms with Gasteiger partial charge >= 0.3 is 0 Å². The van der Waals surface area contributed by atoms with Crippen LogP contribution >= 0.6 is 11.6 Å². The molecule has 0 bridgehead atoms. The minimum Gasteiger partial charge on any atom is -0.383 e. The molecule has 108 valence electrons. The molecule has 0 aliphatic carbocycles. The molecule has 2 nitrogen and oxygen atoms in total. The summed E-state index contributed by atoms with van der Waals surface area (Å²) in [6.45, 7) is 5.95. The van der Waals surface area contributed by atoms with Gasteiger partial charge in [-0.05, 0) is 31.5 Å². The van der Waals surface area contributed by atoms with E-state index in [9.17, 15) is 0 Å². The van der Waals surface area contributed by atoms with Gasteiger partial charge in [0.25, 0.3) is 0 Å². The molecular formula is C16H26ClNO. The zero-order valence-corrected chi connectivity index (χ0v) is 12.9. The number of nitrogens with one attached hydrogen (secondary N) is 1. The van der Waals surface area contributed by atoms with Crippen molar-refractivity contribution in [3.63, 3.8) is 0 Å². The Kier molecular flexibility index (Phi) is 8.68. The van der Waals surface area contributed by atoms with E-state index < -0.39 is 0 Å². The molecule has 1 rings (SSSR count). The maximum absolute atomic E-state index is 5.92. The lowest BCUT2D eigenvalue weighted by Crippen LogP contribution is -2.15. The van der Waals surface area contributed by atoms with Gasteiger partial charge in [-0.25, -0.2) is 0 Å². The van der Waals surface area contributed by atoms with Crippen molar-refractivity contribution in [1.82, 2.24) is 0 Å². The summed E-state index contributed by atoms with van der Waals surface area (Å²) in [5.41, 5.74) is 1.05. The number of halogens is 1. The van der Waals surface area contributed by atoms with Crippen LogP contribution in [-0.4, -0.2) is 19.3 Å². The van der Waals surface area contributed by atoms with Crippen LogP contribution in [-0.2, 0) is 4.74 Å². The van der Waals surface area contributed by atoms with E-state index in [1.165, 1.54) is 25.7 Å². The Balaban J connectivity index is 2.03. The smallest absolute Gasteiger partial charge is 0.0642 e. The van der Waals surface area contributed by atoms with Gasteiger partial charge in [-0.3, -0.25) is 0 Å². The van der Waals surface area contributed by atoms with E-state index in [4.69, 9.17) is 16.3 Å². The highest BCUT2D eigenvalue weighted by atomic mass is 35.5. The average Bonchev–Trinajstić information content (AvgIpc) is 2.40. The largest absolute Gasteiger partial charge is 0.383 e. The predicted molar refractivity (Wildman–Crippen MR) is 84.1 cm³/mol. The molecule has 1 unspecified atom stereocenters. The van der Waals surface area contributed by atoms with Crippen molar-refractivity contribution in [2.75, 3.05) is 18.5 Å². The molecule has 0 amide bonds. The lowest BCUT2D eigenvalue weighted by molar-refractivity contribution is 0.0658. The van der Waals surface area contributed by atoms with Crippen LogP contribution < -0.4 is 5.32 Å². The van der Waals surface area contributed by atoms with Crippen LogP contribution in [0.15, 0.2) is 24.3 Å². The molecule has 0 saturated heterocycles. The van der Waals surface area contributed by atoms with Crippen molar-refractivity contribution in [2.24, 2.45) is 0 Å². The van der Waals surface area contributed by atoms with E-state index in [-0.39, 0.29) is 0 Å². The average molecular weight is 284 g/mol. The zero-order valence-electron chi connectivity index (χ0n) is 12.1. The zero-order chi connectivity index (χ0) is 13.9. The Morgan fingerprint density at radius 3 is 2.84 bits per heavy atom. The Labute approximate surface area is 122 Å². The lowest BCUT2D eigenvalue weighted by Gasteiger charge is -2.13. The minimum atomic E-state index is 0.359. The Hall–Kier alpha value is -0.730. The van der Waals surface area contributed by atoms with Crippen LogP contribution in [0.2, 0.25) is 5.02 Å². The molecule has 0 saturated carbocycles. The Morgan fingerprint density at radius 2 is 2.11 bits per heavy atom. The molecule has 19 heavy (non-hydrogen) atoms. The molecule has 0 fully saturated rings. The van der Waals surface area contributed by atoms with Gasteiger partial charge in [0, 0.05) is 17.3 Å². The summed E-state index contributed by atoms with van der Waals surface area (Å²) in [5, 5.41) is 4.07. The SMILES string of the molecule is CCCCCCC(C)OCCNc1cccc(Cl)c1. The van der Waals surface area contributed by atoms with Crippen molar-refractivity contribution in [1.29, 1.82) is 0 Å². The molecule has 0 aliphatic heterocycles. The van der Waals surface area contributed by atoms with E-state index in [0.717, 1.165) is 30.3 Å². The second-order valence-electron chi connectivity index (χ2n) is 4.97. The first-order chi connectivity index (χ1) is 9.22. The fraction of sp³-hybridized carbons (Fsp3) is 0.625. The van der Waals surface area contributed by atoms with Crippen LogP contribution in [0.25, 0.3) is 0 Å². The first-order valence-corrected chi connectivity index (χ1v) is 7.71. The van der Waals surface area contributed by atoms with Gasteiger partial charge in [-0.15, -0.1) is 0 Å². The fourth-order valence-corrected chi connectivity index (χ4v) is 2.19. The van der Waals surface area contributed by atoms with Gasteiger partial charge in [0.15, 0.2) is 0 Å². The van der Waals surface area contributed by atoms with Crippen LogP contribution in [0.1, 0.15) is 46.0 Å². The van der Waals surface area contributed by atoms with Crippen molar-refractivity contribution < 1.29 is 4.74 Å². The Bertz CT molecular complexity index is 343. The molecule has 0 aliphatic rings. The molecule has 0 spiro atoms. The Morgan fingerprint density at radius 1 is 1.26 bits per heavy atom. The number of unbranched alkanes of at least 4 members (excludes halogenated alkanes) is 3. The maximum Gasteiger partial charge on any atom is 0.0642 e. The van der Waals surface area contributed by atoms with Crippen LogP contribution in [0.4, 0.5) is 5.69 Å². The van der Waals surface area contributed by atoms with Crippen LogP contribution in [0.3, 0.4) is 0 Å². The fourth-order valence-electron chi connectivity index (χ4n) is 2.00. The summed E-state index contributed by atoms with van der Waals surface area (Å²) in [7, 11) is 0. The quantitative estimate of drug-likeness (QED) is 0.601. The summed E-state index contributed by atoms with van der Waals surface area (Å²) in [4.78, 5) is 0. The summed E-state index contributed by atoms with van der Waals surface area (Å²) in [6, 6.07) is 7.76. The van der Waals surface area contributed by atoms with Gasteiger partial charge in [0.05, 0.1) is 12.7 Å². The first-order valence-electron chi connectivity index (χ1n) is 7.33. The summed E-state index contributed by atoms with van der Waals surface area (Å²) >= 11 is 5.92. The van der Waals surface area contributed by atoms with E-state index in [2.05, 4.69) is 19.2 Å². The van der Waals surface area contributed by atoms with Crippen molar-refractivity contribution >= 4 is 17.3 Å². The predicted octanol–water partition coefficient (Wildman–Crippen LogP) is 5.13. The third kappa shape index (κ3) is 8.12. The molecule has 1 atom stereocenters. The van der Waals surface area contributed by atoms with Crippen molar-refractivity contribution in [3.8, 4) is 0 Å². The van der Waals surface area contributed by atoms with Gasteiger partial charge in [-0.1, -0.05) is 50.3 Å². The van der Waals surface area contributed by atoms with E-state index in [0.29, 0.717) is 6.10 Å². The maximum atomic E-state index is 5.92. The van der Waals surface area contributed by atoms with Crippen molar-refractivity contribution in [3.05, 3.63) is 29.3 Å². The number of benzene rings is 1. The molecular weight excluding hydrogens is 258 g/mol. The number of anilines is 1. The van der Waals surface area contributed by atoms with Crippen LogP contribution in [0, 0.1) is 0 Å². The summed E-state index contributed by atoms with van der Waals surface area (Å²) < 4.78 is 5.78. The molecule has 1 N–H and O–H groups in total. The van der Waals surface area contributed by atoms with E-state index >= 15 is 0 Å². The minimum absolute atomic E-state index is 0.359. The van der Waals surface area contributed by atoms with Crippen LogP contribution in [0.5, 0.6) is 0 Å². The topological polar surface area (TPSA) is 21.3 Å². The summed E-state index contributed by atoms with van der Waals surface area (Å²) in [5.74, 6) is 0.